The topological polar surface area (TPSA) is 21.3 Å². The summed E-state index contributed by atoms with van der Waals surface area (Å²) in [6.45, 7) is 0. The van der Waals surface area contributed by atoms with Crippen LogP contribution in [0.5, 0.6) is 5.75 Å². The predicted octanol–water partition coefficient (Wildman–Crippen LogP) is 4.25. The molecular weight excluding hydrogens is 278 g/mol. The normalized spacial score (nSPS) is 16.3. The first kappa shape index (κ1) is 13.0. The Balaban J connectivity index is 1.85. The van der Waals surface area contributed by atoms with E-state index in [4.69, 9.17) is 16.3 Å². The van der Waals surface area contributed by atoms with Crippen LogP contribution in [-0.4, -0.2) is 13.2 Å². The second-order valence-electron chi connectivity index (χ2n) is 4.75. The fourth-order valence-corrected chi connectivity index (χ4v) is 3.30. The molecule has 1 aliphatic carbocycles. The fourth-order valence-electron chi connectivity index (χ4n) is 2.10. The fraction of sp³-hybridized carbons (Fsp3) is 0.333. The molecule has 1 saturated carbocycles. The number of nitrogens with one attached hydrogen (secondary N) is 1. The number of halogens is 1. The summed E-state index contributed by atoms with van der Waals surface area (Å²) < 4.78 is 6.67. The highest BCUT2D eigenvalue weighted by atomic mass is 35.5. The number of hydrogen-bond donors (Lipinski definition) is 1. The second-order valence-corrected chi connectivity index (χ2v) is 6.50. The molecule has 1 unspecified atom stereocenters. The molecule has 0 radical (unpaired) electrons. The van der Waals surface area contributed by atoms with Crippen LogP contribution in [-0.2, 0) is 0 Å². The third-order valence-electron chi connectivity index (χ3n) is 3.19. The smallest absolute Gasteiger partial charge is 0.120 e. The molecule has 1 aromatic heterocycles. The van der Waals surface area contributed by atoms with Crippen LogP contribution < -0.4 is 10.1 Å². The molecule has 1 fully saturated rings. The van der Waals surface area contributed by atoms with Crippen molar-refractivity contribution in [2.75, 3.05) is 7.05 Å². The molecule has 1 atom stereocenters. The van der Waals surface area contributed by atoms with Gasteiger partial charge in [-0.25, -0.2) is 0 Å². The Morgan fingerprint density at radius 1 is 1.32 bits per heavy atom. The maximum absolute atomic E-state index is 6.02. The maximum atomic E-state index is 6.02. The highest BCUT2D eigenvalue weighted by Crippen LogP contribution is 2.33. The van der Waals surface area contributed by atoms with E-state index in [0.29, 0.717) is 6.10 Å². The van der Waals surface area contributed by atoms with Gasteiger partial charge in [-0.15, -0.1) is 11.3 Å². The average Bonchev–Trinajstić information content (AvgIpc) is 3.12. The van der Waals surface area contributed by atoms with Crippen LogP contribution in [0.4, 0.5) is 0 Å². The van der Waals surface area contributed by atoms with E-state index in [0.717, 1.165) is 10.1 Å². The van der Waals surface area contributed by atoms with Crippen LogP contribution in [0.15, 0.2) is 36.4 Å². The molecule has 0 aliphatic heterocycles. The van der Waals surface area contributed by atoms with E-state index in [2.05, 4.69) is 23.5 Å². The van der Waals surface area contributed by atoms with Gasteiger partial charge in [-0.3, -0.25) is 0 Å². The van der Waals surface area contributed by atoms with E-state index >= 15 is 0 Å². The van der Waals surface area contributed by atoms with Crippen LogP contribution in [0.1, 0.15) is 29.3 Å². The van der Waals surface area contributed by atoms with Crippen LogP contribution in [0.2, 0.25) is 4.34 Å². The summed E-state index contributed by atoms with van der Waals surface area (Å²) in [6.07, 6.45) is 2.79. The number of thiophene rings is 1. The molecular formula is C15H16ClNOS. The summed E-state index contributed by atoms with van der Waals surface area (Å²) in [5.41, 5.74) is 1.21. The molecule has 100 valence electrons. The Morgan fingerprint density at radius 2 is 2.16 bits per heavy atom. The lowest BCUT2D eigenvalue weighted by atomic mass is 10.1. The summed E-state index contributed by atoms with van der Waals surface area (Å²) in [6, 6.07) is 12.5. The van der Waals surface area contributed by atoms with Crippen molar-refractivity contribution >= 4 is 22.9 Å². The lowest BCUT2D eigenvalue weighted by Crippen LogP contribution is -2.16. The van der Waals surface area contributed by atoms with Gasteiger partial charge in [0.25, 0.3) is 0 Å². The summed E-state index contributed by atoms with van der Waals surface area (Å²) >= 11 is 7.63. The summed E-state index contributed by atoms with van der Waals surface area (Å²) in [5, 5.41) is 3.34. The molecule has 0 spiro atoms. The molecule has 19 heavy (non-hydrogen) atoms. The van der Waals surface area contributed by atoms with E-state index < -0.39 is 0 Å². The van der Waals surface area contributed by atoms with Crippen molar-refractivity contribution in [2.45, 2.75) is 25.0 Å². The zero-order valence-electron chi connectivity index (χ0n) is 10.7. The number of ether oxygens (including phenoxy) is 1. The molecule has 4 heteroatoms. The Labute approximate surface area is 122 Å². The quantitative estimate of drug-likeness (QED) is 0.890. The molecule has 1 aliphatic rings. The standard InChI is InChI=1S/C15H16ClNOS/c1-17-15(13-7-8-14(16)19-13)10-3-2-4-12(9-10)18-11-5-6-11/h2-4,7-9,11,15,17H,5-6H2,1H3. The summed E-state index contributed by atoms with van der Waals surface area (Å²) in [5.74, 6) is 0.961. The largest absolute Gasteiger partial charge is 0.490 e. The Bertz CT molecular complexity index is 565. The van der Waals surface area contributed by atoms with Gasteiger partial charge in [-0.2, -0.15) is 0 Å². The molecule has 0 amide bonds. The minimum atomic E-state index is 0.167. The monoisotopic (exact) mass is 293 g/mol. The van der Waals surface area contributed by atoms with Gasteiger partial charge in [0.15, 0.2) is 0 Å². The van der Waals surface area contributed by atoms with Crippen LogP contribution in [0.3, 0.4) is 0 Å². The highest BCUT2D eigenvalue weighted by Gasteiger charge is 2.24. The van der Waals surface area contributed by atoms with Crippen molar-refractivity contribution in [1.82, 2.24) is 5.32 Å². The van der Waals surface area contributed by atoms with Crippen molar-refractivity contribution in [3.63, 3.8) is 0 Å². The van der Waals surface area contributed by atoms with E-state index in [1.54, 1.807) is 11.3 Å². The van der Waals surface area contributed by atoms with Gasteiger partial charge in [-0.05, 0) is 49.7 Å². The van der Waals surface area contributed by atoms with Crippen LogP contribution in [0.25, 0.3) is 0 Å². The first-order valence-electron chi connectivity index (χ1n) is 6.45. The van der Waals surface area contributed by atoms with Gasteiger partial charge in [0.1, 0.15) is 5.75 Å². The average molecular weight is 294 g/mol. The second kappa shape index (κ2) is 5.53. The number of hydrogen-bond acceptors (Lipinski definition) is 3. The van der Waals surface area contributed by atoms with Crippen molar-refractivity contribution in [1.29, 1.82) is 0 Å². The lowest BCUT2D eigenvalue weighted by Gasteiger charge is -2.16. The van der Waals surface area contributed by atoms with Crippen molar-refractivity contribution in [2.24, 2.45) is 0 Å². The van der Waals surface area contributed by atoms with Crippen LogP contribution in [0, 0.1) is 0 Å². The molecule has 1 heterocycles. The van der Waals surface area contributed by atoms with Crippen molar-refractivity contribution in [3.05, 3.63) is 51.2 Å². The minimum Gasteiger partial charge on any atom is -0.490 e. The molecule has 0 saturated heterocycles. The number of rotatable bonds is 5. The van der Waals surface area contributed by atoms with E-state index in [1.165, 1.54) is 23.3 Å². The zero-order chi connectivity index (χ0) is 13.2. The van der Waals surface area contributed by atoms with Gasteiger partial charge >= 0.3 is 0 Å². The Kier molecular flexibility index (Phi) is 3.78. The summed E-state index contributed by atoms with van der Waals surface area (Å²) in [4.78, 5) is 1.22. The molecule has 0 bridgehead atoms. The maximum Gasteiger partial charge on any atom is 0.120 e. The molecule has 2 aromatic rings. The Hall–Kier alpha value is -1.03. The zero-order valence-corrected chi connectivity index (χ0v) is 12.3. The molecule has 1 aromatic carbocycles. The SMILES string of the molecule is CNC(c1cccc(OC2CC2)c1)c1ccc(Cl)s1. The van der Waals surface area contributed by atoms with Crippen molar-refractivity contribution < 1.29 is 4.74 Å². The third kappa shape index (κ3) is 3.11. The highest BCUT2D eigenvalue weighted by molar-refractivity contribution is 7.16. The first-order chi connectivity index (χ1) is 9.26. The van der Waals surface area contributed by atoms with Gasteiger partial charge in [0, 0.05) is 4.88 Å². The summed E-state index contributed by atoms with van der Waals surface area (Å²) in [7, 11) is 1.96. The predicted molar refractivity (Wildman–Crippen MR) is 80.3 cm³/mol. The third-order valence-corrected chi connectivity index (χ3v) is 4.48. The van der Waals surface area contributed by atoms with E-state index in [9.17, 15) is 0 Å². The molecule has 1 N–H and O–H groups in total. The van der Waals surface area contributed by atoms with Gasteiger partial charge in [0.2, 0.25) is 0 Å². The van der Waals surface area contributed by atoms with Gasteiger partial charge in [0.05, 0.1) is 16.5 Å². The number of benzene rings is 1. The van der Waals surface area contributed by atoms with E-state index in [-0.39, 0.29) is 6.04 Å². The van der Waals surface area contributed by atoms with Crippen molar-refractivity contribution in [3.8, 4) is 5.75 Å². The van der Waals surface area contributed by atoms with E-state index in [1.807, 2.05) is 25.2 Å². The van der Waals surface area contributed by atoms with Gasteiger partial charge < -0.3 is 10.1 Å². The minimum absolute atomic E-state index is 0.167. The van der Waals surface area contributed by atoms with Crippen LogP contribution >= 0.6 is 22.9 Å². The first-order valence-corrected chi connectivity index (χ1v) is 7.65. The molecule has 2 nitrogen and oxygen atoms in total. The van der Waals surface area contributed by atoms with Gasteiger partial charge in [-0.1, -0.05) is 23.7 Å². The Morgan fingerprint density at radius 3 is 2.79 bits per heavy atom. The lowest BCUT2D eigenvalue weighted by molar-refractivity contribution is 0.302. The molecule has 3 rings (SSSR count).